The van der Waals surface area contributed by atoms with Crippen molar-refractivity contribution in [1.82, 2.24) is 24.5 Å². The second-order valence-electron chi connectivity index (χ2n) is 6.93. The minimum atomic E-state index is -0.528. The lowest BCUT2D eigenvalue weighted by Gasteiger charge is -2.24. The molecular weight excluding hydrogens is 330 g/mol. The van der Waals surface area contributed by atoms with Crippen LogP contribution in [0.2, 0.25) is 0 Å². The van der Waals surface area contributed by atoms with Crippen LogP contribution in [0.4, 0.5) is 0 Å². The van der Waals surface area contributed by atoms with E-state index in [-0.39, 0.29) is 0 Å². The Hall–Kier alpha value is -2.38. The van der Waals surface area contributed by atoms with Crippen LogP contribution in [-0.4, -0.2) is 42.2 Å². The van der Waals surface area contributed by atoms with Crippen LogP contribution in [0, 0.1) is 20.8 Å². The van der Waals surface area contributed by atoms with E-state index in [1.165, 1.54) is 0 Å². The maximum Gasteiger partial charge on any atom is 0.117 e. The van der Waals surface area contributed by atoms with E-state index in [0.717, 1.165) is 28.4 Å². The van der Waals surface area contributed by atoms with Crippen LogP contribution in [0.5, 0.6) is 0 Å². The summed E-state index contributed by atoms with van der Waals surface area (Å²) in [5.74, 6) is 0.879. The normalized spacial score (nSPS) is 12.8. The standard InChI is InChI=1S/C19H27N5O2/c1-14-8-15(2)24(20-14)12-18(25)11-23(13-19-6-5-7-26-19)10-17-9-22(4)21-16(17)3/h5-9,18,25H,10-13H2,1-4H3/t18-/m0/s1. The van der Waals surface area contributed by atoms with Crippen molar-refractivity contribution in [2.45, 2.75) is 46.5 Å². The SMILES string of the molecule is Cc1cc(C)n(C[C@@H](O)CN(Cc2ccco2)Cc2cn(C)nc2C)n1. The molecule has 3 rings (SSSR count). The van der Waals surface area contributed by atoms with E-state index >= 15 is 0 Å². The molecule has 0 aliphatic heterocycles. The quantitative estimate of drug-likeness (QED) is 0.669. The number of furan rings is 1. The second kappa shape index (κ2) is 7.88. The lowest BCUT2D eigenvalue weighted by molar-refractivity contribution is 0.0838. The molecule has 0 amide bonds. The van der Waals surface area contributed by atoms with Gasteiger partial charge in [0.05, 0.1) is 36.8 Å². The summed E-state index contributed by atoms with van der Waals surface area (Å²) < 4.78 is 9.18. The summed E-state index contributed by atoms with van der Waals surface area (Å²) in [6, 6.07) is 5.86. The third-order valence-electron chi connectivity index (χ3n) is 4.42. The Balaban J connectivity index is 1.70. The zero-order valence-electron chi connectivity index (χ0n) is 15.9. The smallest absolute Gasteiger partial charge is 0.117 e. The fourth-order valence-electron chi connectivity index (χ4n) is 3.27. The predicted molar refractivity (Wildman–Crippen MR) is 98.5 cm³/mol. The summed E-state index contributed by atoms with van der Waals surface area (Å²) in [6.07, 6.45) is 3.17. The molecule has 3 aromatic rings. The average Bonchev–Trinajstić information content (AvgIpc) is 3.23. The Kier molecular flexibility index (Phi) is 5.58. The number of rotatable bonds is 8. The molecule has 0 radical (unpaired) electrons. The maximum atomic E-state index is 10.6. The molecule has 0 aliphatic rings. The van der Waals surface area contributed by atoms with E-state index in [9.17, 15) is 5.11 Å². The first-order chi connectivity index (χ1) is 12.4. The minimum Gasteiger partial charge on any atom is -0.468 e. The van der Waals surface area contributed by atoms with Gasteiger partial charge in [-0.1, -0.05) is 0 Å². The van der Waals surface area contributed by atoms with Crippen molar-refractivity contribution < 1.29 is 9.52 Å². The van der Waals surface area contributed by atoms with Gasteiger partial charge in [0, 0.05) is 37.6 Å². The van der Waals surface area contributed by atoms with Crippen LogP contribution < -0.4 is 0 Å². The van der Waals surface area contributed by atoms with Gasteiger partial charge in [0.25, 0.3) is 0 Å². The van der Waals surface area contributed by atoms with E-state index in [0.29, 0.717) is 26.2 Å². The van der Waals surface area contributed by atoms with Gasteiger partial charge in [-0.3, -0.25) is 14.3 Å². The summed E-state index contributed by atoms with van der Waals surface area (Å²) in [6.45, 7) is 8.31. The molecule has 0 aliphatic carbocycles. The molecule has 0 spiro atoms. The monoisotopic (exact) mass is 357 g/mol. The van der Waals surface area contributed by atoms with E-state index in [4.69, 9.17) is 4.42 Å². The molecule has 3 heterocycles. The first-order valence-corrected chi connectivity index (χ1v) is 8.83. The summed E-state index contributed by atoms with van der Waals surface area (Å²) in [7, 11) is 1.92. The van der Waals surface area contributed by atoms with Crippen molar-refractivity contribution in [3.8, 4) is 0 Å². The number of aromatic nitrogens is 4. The zero-order valence-corrected chi connectivity index (χ0v) is 15.9. The van der Waals surface area contributed by atoms with Gasteiger partial charge in [-0.2, -0.15) is 10.2 Å². The Labute approximate surface area is 153 Å². The fraction of sp³-hybridized carbons (Fsp3) is 0.474. The van der Waals surface area contributed by atoms with Gasteiger partial charge in [-0.15, -0.1) is 0 Å². The number of hydrogen-bond donors (Lipinski definition) is 1. The Morgan fingerprint density at radius 1 is 1.23 bits per heavy atom. The highest BCUT2D eigenvalue weighted by Gasteiger charge is 2.17. The van der Waals surface area contributed by atoms with Crippen LogP contribution in [-0.2, 0) is 26.7 Å². The molecule has 1 atom stereocenters. The van der Waals surface area contributed by atoms with Crippen LogP contribution in [0.3, 0.4) is 0 Å². The Morgan fingerprint density at radius 2 is 2.04 bits per heavy atom. The van der Waals surface area contributed by atoms with E-state index in [1.54, 1.807) is 6.26 Å². The number of nitrogens with zero attached hydrogens (tertiary/aromatic N) is 5. The van der Waals surface area contributed by atoms with Gasteiger partial charge in [0.2, 0.25) is 0 Å². The van der Waals surface area contributed by atoms with Crippen molar-refractivity contribution in [3.05, 3.63) is 59.1 Å². The minimum absolute atomic E-state index is 0.473. The largest absolute Gasteiger partial charge is 0.468 e. The van der Waals surface area contributed by atoms with Crippen LogP contribution >= 0.6 is 0 Å². The van der Waals surface area contributed by atoms with Crippen molar-refractivity contribution in [2.75, 3.05) is 6.54 Å². The second-order valence-corrected chi connectivity index (χ2v) is 6.93. The molecule has 7 heteroatoms. The summed E-state index contributed by atoms with van der Waals surface area (Å²) in [4.78, 5) is 2.18. The highest BCUT2D eigenvalue weighted by Crippen LogP contribution is 2.14. The first-order valence-electron chi connectivity index (χ1n) is 8.83. The fourth-order valence-corrected chi connectivity index (χ4v) is 3.27. The van der Waals surface area contributed by atoms with Crippen LogP contribution in [0.25, 0.3) is 0 Å². The molecule has 7 nitrogen and oxygen atoms in total. The Bertz CT molecular complexity index is 834. The molecule has 26 heavy (non-hydrogen) atoms. The zero-order chi connectivity index (χ0) is 18.7. The topological polar surface area (TPSA) is 72.2 Å². The van der Waals surface area contributed by atoms with Crippen LogP contribution in [0.15, 0.2) is 35.1 Å². The lowest BCUT2D eigenvalue weighted by Crippen LogP contribution is -2.34. The van der Waals surface area contributed by atoms with E-state index in [1.807, 2.05) is 61.6 Å². The molecule has 0 saturated heterocycles. The van der Waals surface area contributed by atoms with Crippen molar-refractivity contribution in [1.29, 1.82) is 0 Å². The van der Waals surface area contributed by atoms with Gasteiger partial charge in [-0.05, 0) is 39.0 Å². The van der Waals surface area contributed by atoms with Gasteiger partial charge in [-0.25, -0.2) is 0 Å². The van der Waals surface area contributed by atoms with E-state index < -0.39 is 6.10 Å². The third kappa shape index (κ3) is 4.62. The third-order valence-corrected chi connectivity index (χ3v) is 4.42. The molecular formula is C19H27N5O2. The highest BCUT2D eigenvalue weighted by molar-refractivity contribution is 5.15. The molecule has 0 unspecified atom stereocenters. The van der Waals surface area contributed by atoms with Gasteiger partial charge in [0.1, 0.15) is 5.76 Å². The van der Waals surface area contributed by atoms with Crippen molar-refractivity contribution in [2.24, 2.45) is 7.05 Å². The first kappa shape index (κ1) is 18.4. The molecule has 1 N–H and O–H groups in total. The van der Waals surface area contributed by atoms with Gasteiger partial charge >= 0.3 is 0 Å². The predicted octanol–water partition coefficient (Wildman–Crippen LogP) is 2.20. The highest BCUT2D eigenvalue weighted by atomic mass is 16.3. The summed E-state index contributed by atoms with van der Waals surface area (Å²) >= 11 is 0. The molecule has 0 bridgehead atoms. The van der Waals surface area contributed by atoms with Crippen molar-refractivity contribution >= 4 is 0 Å². The van der Waals surface area contributed by atoms with E-state index in [2.05, 4.69) is 15.1 Å². The lowest BCUT2D eigenvalue weighted by atomic mass is 10.2. The maximum absolute atomic E-state index is 10.6. The Morgan fingerprint density at radius 3 is 2.62 bits per heavy atom. The van der Waals surface area contributed by atoms with Crippen LogP contribution in [0.1, 0.15) is 28.4 Å². The summed E-state index contributed by atoms with van der Waals surface area (Å²) in [5, 5.41) is 19.5. The number of aryl methyl sites for hydroxylation is 4. The number of aliphatic hydroxyl groups excluding tert-OH is 1. The molecule has 0 fully saturated rings. The molecule has 0 aromatic carbocycles. The number of aliphatic hydroxyl groups is 1. The number of hydrogen-bond acceptors (Lipinski definition) is 5. The van der Waals surface area contributed by atoms with Gasteiger partial charge in [0.15, 0.2) is 0 Å². The van der Waals surface area contributed by atoms with Gasteiger partial charge < -0.3 is 9.52 Å². The molecule has 3 aromatic heterocycles. The average molecular weight is 357 g/mol. The molecule has 0 saturated carbocycles. The van der Waals surface area contributed by atoms with Crippen molar-refractivity contribution in [3.63, 3.8) is 0 Å². The molecule has 140 valence electrons. The summed E-state index contributed by atoms with van der Waals surface area (Å²) in [5.41, 5.74) is 4.18.